The van der Waals surface area contributed by atoms with Crippen molar-refractivity contribution in [2.24, 2.45) is 0 Å². The third-order valence-electron chi connectivity index (χ3n) is 5.21. The summed E-state index contributed by atoms with van der Waals surface area (Å²) in [4.78, 5) is 23.9. The number of hydrogen-bond acceptors (Lipinski definition) is 7. The first-order chi connectivity index (χ1) is 15.1. The van der Waals surface area contributed by atoms with Crippen LogP contribution in [0, 0.1) is 0 Å². The standard InChI is InChI=1S/C23H28N4O2S2/c1-17(2)31-19-9-7-18(8-10-19)23(28)27-14-12-26(13-15-27)11-3-6-21-24-22(25-29-21)20-5-4-16-30-20/h4-5,7-10,16-17H,3,6,11-15H2,1-2H3. The molecule has 2 aromatic heterocycles. The second-order valence-electron chi connectivity index (χ2n) is 7.92. The Morgan fingerprint density at radius 1 is 1.16 bits per heavy atom. The minimum atomic E-state index is 0.132. The highest BCUT2D eigenvalue weighted by Gasteiger charge is 2.22. The lowest BCUT2D eigenvalue weighted by Gasteiger charge is -2.34. The first-order valence-corrected chi connectivity index (χ1v) is 12.5. The molecule has 8 heteroatoms. The van der Waals surface area contributed by atoms with Gasteiger partial charge in [0.15, 0.2) is 0 Å². The van der Waals surface area contributed by atoms with Gasteiger partial charge in [-0.2, -0.15) is 4.98 Å². The Balaban J connectivity index is 1.19. The van der Waals surface area contributed by atoms with E-state index in [2.05, 4.69) is 41.0 Å². The lowest BCUT2D eigenvalue weighted by atomic mass is 10.1. The summed E-state index contributed by atoms with van der Waals surface area (Å²) in [5.74, 6) is 1.50. The molecule has 1 saturated heterocycles. The fraction of sp³-hybridized carbons (Fsp3) is 0.435. The molecule has 0 atom stereocenters. The van der Waals surface area contributed by atoms with Crippen LogP contribution in [0.1, 0.15) is 36.5 Å². The molecular formula is C23H28N4O2S2. The average Bonchev–Trinajstić information content (AvgIpc) is 3.46. The van der Waals surface area contributed by atoms with Crippen molar-refractivity contribution in [3.8, 4) is 10.7 Å². The van der Waals surface area contributed by atoms with Gasteiger partial charge >= 0.3 is 0 Å². The summed E-state index contributed by atoms with van der Waals surface area (Å²) in [5, 5.41) is 6.62. The van der Waals surface area contributed by atoms with E-state index in [4.69, 9.17) is 4.52 Å². The topological polar surface area (TPSA) is 62.5 Å². The molecule has 0 unspecified atom stereocenters. The zero-order chi connectivity index (χ0) is 21.6. The molecule has 3 aromatic rings. The van der Waals surface area contributed by atoms with E-state index in [1.165, 1.54) is 4.90 Å². The molecule has 0 bridgehead atoms. The third-order valence-corrected chi connectivity index (χ3v) is 7.09. The van der Waals surface area contributed by atoms with Crippen molar-refractivity contribution in [1.82, 2.24) is 19.9 Å². The minimum absolute atomic E-state index is 0.132. The van der Waals surface area contributed by atoms with Crippen LogP contribution in [-0.2, 0) is 6.42 Å². The minimum Gasteiger partial charge on any atom is -0.339 e. The number of hydrogen-bond donors (Lipinski definition) is 0. The predicted molar refractivity (Wildman–Crippen MR) is 126 cm³/mol. The molecule has 3 heterocycles. The zero-order valence-electron chi connectivity index (χ0n) is 18.0. The lowest BCUT2D eigenvalue weighted by Crippen LogP contribution is -2.48. The Labute approximate surface area is 191 Å². The van der Waals surface area contributed by atoms with Gasteiger partial charge in [-0.05, 0) is 48.7 Å². The van der Waals surface area contributed by atoms with Gasteiger partial charge in [0.2, 0.25) is 11.7 Å². The van der Waals surface area contributed by atoms with E-state index in [-0.39, 0.29) is 5.91 Å². The van der Waals surface area contributed by atoms with Crippen molar-refractivity contribution in [3.63, 3.8) is 0 Å². The van der Waals surface area contributed by atoms with Gasteiger partial charge in [-0.1, -0.05) is 25.1 Å². The Morgan fingerprint density at radius 3 is 2.61 bits per heavy atom. The normalized spacial score (nSPS) is 15.0. The smallest absolute Gasteiger partial charge is 0.253 e. The second kappa shape index (κ2) is 10.4. The van der Waals surface area contributed by atoms with Gasteiger partial charge in [-0.3, -0.25) is 9.69 Å². The van der Waals surface area contributed by atoms with Gasteiger partial charge in [0, 0.05) is 48.3 Å². The van der Waals surface area contributed by atoms with Crippen LogP contribution in [0.3, 0.4) is 0 Å². The number of carbonyl (C=O) groups excluding carboxylic acids is 1. The SMILES string of the molecule is CC(C)Sc1ccc(C(=O)N2CCN(CCCc3nc(-c4cccs4)no3)CC2)cc1. The van der Waals surface area contributed by atoms with Crippen LogP contribution < -0.4 is 0 Å². The molecule has 1 aliphatic rings. The number of thioether (sulfide) groups is 1. The van der Waals surface area contributed by atoms with Gasteiger partial charge in [0.25, 0.3) is 5.91 Å². The summed E-state index contributed by atoms with van der Waals surface area (Å²) >= 11 is 3.43. The highest BCUT2D eigenvalue weighted by Crippen LogP contribution is 2.24. The molecule has 1 fully saturated rings. The van der Waals surface area contributed by atoms with Crippen LogP contribution in [0.5, 0.6) is 0 Å². The van der Waals surface area contributed by atoms with Crippen molar-refractivity contribution < 1.29 is 9.32 Å². The quantitative estimate of drug-likeness (QED) is 0.458. The van der Waals surface area contributed by atoms with Gasteiger partial charge in [-0.15, -0.1) is 23.1 Å². The van der Waals surface area contributed by atoms with Gasteiger partial charge in [0.05, 0.1) is 4.88 Å². The molecule has 6 nitrogen and oxygen atoms in total. The largest absolute Gasteiger partial charge is 0.339 e. The fourth-order valence-corrected chi connectivity index (χ4v) is 5.11. The number of rotatable bonds is 8. The molecule has 4 rings (SSSR count). The van der Waals surface area contributed by atoms with E-state index >= 15 is 0 Å². The number of benzene rings is 1. The van der Waals surface area contributed by atoms with Crippen LogP contribution in [-0.4, -0.2) is 63.8 Å². The van der Waals surface area contributed by atoms with E-state index in [1.54, 1.807) is 11.3 Å². The predicted octanol–water partition coefficient (Wildman–Crippen LogP) is 4.69. The number of aryl methyl sites for hydroxylation is 1. The Morgan fingerprint density at radius 2 is 1.94 bits per heavy atom. The molecule has 1 aliphatic heterocycles. The van der Waals surface area contributed by atoms with Crippen LogP contribution in [0.4, 0.5) is 0 Å². The fourth-order valence-electron chi connectivity index (χ4n) is 3.62. The zero-order valence-corrected chi connectivity index (χ0v) is 19.6. The maximum atomic E-state index is 12.8. The van der Waals surface area contributed by atoms with Crippen LogP contribution >= 0.6 is 23.1 Å². The highest BCUT2D eigenvalue weighted by atomic mass is 32.2. The van der Waals surface area contributed by atoms with Crippen molar-refractivity contribution >= 4 is 29.0 Å². The number of thiophene rings is 1. The van der Waals surface area contributed by atoms with Crippen molar-refractivity contribution in [3.05, 3.63) is 53.2 Å². The molecule has 1 aromatic carbocycles. The Kier molecular flexibility index (Phi) is 7.42. The summed E-state index contributed by atoms with van der Waals surface area (Å²) in [7, 11) is 0. The first kappa shape index (κ1) is 22.0. The first-order valence-electron chi connectivity index (χ1n) is 10.7. The maximum absolute atomic E-state index is 12.8. The van der Waals surface area contributed by atoms with Crippen LogP contribution in [0.2, 0.25) is 0 Å². The average molecular weight is 457 g/mol. The molecule has 1 amide bonds. The van der Waals surface area contributed by atoms with E-state index in [0.717, 1.165) is 56.0 Å². The Bertz CT molecular complexity index is 962. The van der Waals surface area contributed by atoms with Crippen molar-refractivity contribution in [1.29, 1.82) is 0 Å². The molecule has 0 spiro atoms. The molecule has 164 valence electrons. The number of nitrogens with zero attached hydrogens (tertiary/aromatic N) is 4. The van der Waals surface area contributed by atoms with Crippen molar-refractivity contribution in [2.75, 3.05) is 32.7 Å². The monoisotopic (exact) mass is 456 g/mol. The van der Waals surface area contributed by atoms with E-state index < -0.39 is 0 Å². The summed E-state index contributed by atoms with van der Waals surface area (Å²) in [6, 6.07) is 12.0. The van der Waals surface area contributed by atoms with Crippen molar-refractivity contribution in [2.45, 2.75) is 36.8 Å². The number of aromatic nitrogens is 2. The molecular weight excluding hydrogens is 428 g/mol. The summed E-state index contributed by atoms with van der Waals surface area (Å²) in [6.07, 6.45) is 1.74. The summed E-state index contributed by atoms with van der Waals surface area (Å²) < 4.78 is 5.38. The molecule has 0 aliphatic carbocycles. The van der Waals surface area contributed by atoms with Crippen LogP contribution in [0.15, 0.2) is 51.2 Å². The molecule has 0 N–H and O–H groups in total. The third kappa shape index (κ3) is 5.96. The van der Waals surface area contributed by atoms with E-state index in [9.17, 15) is 4.79 Å². The van der Waals surface area contributed by atoms with Crippen LogP contribution in [0.25, 0.3) is 10.7 Å². The maximum Gasteiger partial charge on any atom is 0.253 e. The van der Waals surface area contributed by atoms with E-state index in [0.29, 0.717) is 17.0 Å². The van der Waals surface area contributed by atoms with Gasteiger partial charge in [0.1, 0.15) is 0 Å². The van der Waals surface area contributed by atoms with E-state index in [1.807, 2.05) is 46.3 Å². The highest BCUT2D eigenvalue weighted by molar-refractivity contribution is 7.99. The molecule has 0 saturated carbocycles. The lowest BCUT2D eigenvalue weighted by molar-refractivity contribution is 0.0635. The molecule has 0 radical (unpaired) electrons. The van der Waals surface area contributed by atoms with Gasteiger partial charge < -0.3 is 9.42 Å². The number of piperazine rings is 1. The summed E-state index contributed by atoms with van der Waals surface area (Å²) in [6.45, 7) is 8.66. The molecule has 31 heavy (non-hydrogen) atoms. The number of amides is 1. The summed E-state index contributed by atoms with van der Waals surface area (Å²) in [5.41, 5.74) is 0.777. The van der Waals surface area contributed by atoms with Gasteiger partial charge in [-0.25, -0.2) is 0 Å². The second-order valence-corrected chi connectivity index (χ2v) is 10.5. The Hall–Kier alpha value is -2.16. The number of carbonyl (C=O) groups is 1.